The maximum atomic E-state index is 5.84. The molecule has 19 heavy (non-hydrogen) atoms. The maximum Gasteiger partial charge on any atom is 0.169 e. The van der Waals surface area contributed by atoms with Crippen LogP contribution in [0.1, 0.15) is 11.1 Å². The molecule has 0 aliphatic rings. The Morgan fingerprint density at radius 2 is 1.89 bits per heavy atom. The number of methoxy groups -OCH3 is 1. The van der Waals surface area contributed by atoms with Crippen molar-refractivity contribution in [1.29, 1.82) is 0 Å². The molecule has 100 valence electrons. The van der Waals surface area contributed by atoms with Crippen LogP contribution in [0.25, 0.3) is 0 Å². The standard InChI is InChI=1S/C15H16BrNO2/c1-10-3-6-14(15(7-10)18-2)19-12-5-4-11(9-17)13(16)8-12/h3-8H,9,17H2,1-2H3. The van der Waals surface area contributed by atoms with Crippen LogP contribution >= 0.6 is 15.9 Å². The van der Waals surface area contributed by atoms with Gasteiger partial charge in [-0.1, -0.05) is 28.1 Å². The predicted octanol–water partition coefficient (Wildman–Crippen LogP) is 4.02. The van der Waals surface area contributed by atoms with Gasteiger partial charge in [0.15, 0.2) is 11.5 Å². The van der Waals surface area contributed by atoms with Crippen LogP contribution in [-0.4, -0.2) is 7.11 Å². The van der Waals surface area contributed by atoms with Crippen molar-refractivity contribution in [2.24, 2.45) is 5.73 Å². The number of hydrogen-bond donors (Lipinski definition) is 1. The molecule has 2 rings (SSSR count). The first-order chi connectivity index (χ1) is 9.13. The molecule has 0 aliphatic heterocycles. The van der Waals surface area contributed by atoms with Gasteiger partial charge in [0.25, 0.3) is 0 Å². The maximum absolute atomic E-state index is 5.84. The molecule has 2 aromatic carbocycles. The molecule has 0 atom stereocenters. The second kappa shape index (κ2) is 6.08. The lowest BCUT2D eigenvalue weighted by Crippen LogP contribution is -1.97. The molecule has 0 radical (unpaired) electrons. The summed E-state index contributed by atoms with van der Waals surface area (Å²) in [7, 11) is 1.63. The fraction of sp³-hybridized carbons (Fsp3) is 0.200. The van der Waals surface area contributed by atoms with Gasteiger partial charge in [0.1, 0.15) is 5.75 Å². The highest BCUT2D eigenvalue weighted by atomic mass is 79.9. The number of ether oxygens (including phenoxy) is 2. The quantitative estimate of drug-likeness (QED) is 0.925. The Kier molecular flexibility index (Phi) is 4.45. The highest BCUT2D eigenvalue weighted by molar-refractivity contribution is 9.10. The number of rotatable bonds is 4. The summed E-state index contributed by atoms with van der Waals surface area (Å²) in [5, 5.41) is 0. The fourth-order valence-corrected chi connectivity index (χ4v) is 2.26. The average Bonchev–Trinajstić information content (AvgIpc) is 2.41. The minimum absolute atomic E-state index is 0.495. The van der Waals surface area contributed by atoms with Crippen LogP contribution < -0.4 is 15.2 Å². The summed E-state index contributed by atoms with van der Waals surface area (Å²) >= 11 is 3.48. The van der Waals surface area contributed by atoms with E-state index in [2.05, 4.69) is 15.9 Å². The Morgan fingerprint density at radius 3 is 2.53 bits per heavy atom. The normalized spacial score (nSPS) is 10.3. The second-order valence-electron chi connectivity index (χ2n) is 4.21. The van der Waals surface area contributed by atoms with Crippen LogP contribution in [0.3, 0.4) is 0 Å². The van der Waals surface area contributed by atoms with E-state index in [9.17, 15) is 0 Å². The van der Waals surface area contributed by atoms with Crippen LogP contribution in [0, 0.1) is 6.92 Å². The minimum atomic E-state index is 0.495. The third-order valence-corrected chi connectivity index (χ3v) is 3.53. The molecule has 0 bridgehead atoms. The third-order valence-electron chi connectivity index (χ3n) is 2.79. The van der Waals surface area contributed by atoms with Crippen LogP contribution in [0.5, 0.6) is 17.2 Å². The molecule has 0 aliphatic carbocycles. The minimum Gasteiger partial charge on any atom is -0.493 e. The van der Waals surface area contributed by atoms with E-state index in [-0.39, 0.29) is 0 Å². The lowest BCUT2D eigenvalue weighted by molar-refractivity contribution is 0.378. The van der Waals surface area contributed by atoms with Crippen molar-refractivity contribution in [2.45, 2.75) is 13.5 Å². The molecule has 2 N–H and O–H groups in total. The molecule has 0 heterocycles. The predicted molar refractivity (Wildman–Crippen MR) is 79.8 cm³/mol. The first-order valence-electron chi connectivity index (χ1n) is 5.95. The van der Waals surface area contributed by atoms with Gasteiger partial charge in [-0.2, -0.15) is 0 Å². The molecule has 0 unspecified atom stereocenters. The van der Waals surface area contributed by atoms with Gasteiger partial charge in [0.05, 0.1) is 7.11 Å². The number of nitrogens with two attached hydrogens (primary N) is 1. The van der Waals surface area contributed by atoms with E-state index >= 15 is 0 Å². The van der Waals surface area contributed by atoms with Crippen molar-refractivity contribution >= 4 is 15.9 Å². The van der Waals surface area contributed by atoms with Crippen LogP contribution in [-0.2, 0) is 6.54 Å². The summed E-state index contributed by atoms with van der Waals surface area (Å²) in [6.45, 7) is 2.51. The van der Waals surface area contributed by atoms with E-state index in [4.69, 9.17) is 15.2 Å². The zero-order valence-electron chi connectivity index (χ0n) is 10.9. The summed E-state index contributed by atoms with van der Waals surface area (Å²) in [6, 6.07) is 11.6. The smallest absolute Gasteiger partial charge is 0.169 e. The molecular weight excluding hydrogens is 306 g/mol. The van der Waals surface area contributed by atoms with E-state index < -0.39 is 0 Å². The molecule has 4 heteroatoms. The van der Waals surface area contributed by atoms with Gasteiger partial charge in [0.2, 0.25) is 0 Å². The SMILES string of the molecule is COc1cc(C)ccc1Oc1ccc(CN)c(Br)c1. The Hall–Kier alpha value is -1.52. The van der Waals surface area contributed by atoms with Gasteiger partial charge in [0, 0.05) is 11.0 Å². The lowest BCUT2D eigenvalue weighted by atomic mass is 10.2. The molecule has 0 amide bonds. The number of benzene rings is 2. The molecule has 0 aromatic heterocycles. The summed E-state index contributed by atoms with van der Waals surface area (Å²) in [5.41, 5.74) is 7.80. The molecule has 0 spiro atoms. The van der Waals surface area contributed by atoms with Gasteiger partial charge in [-0.05, 0) is 42.3 Å². The van der Waals surface area contributed by atoms with E-state index in [1.54, 1.807) is 7.11 Å². The zero-order chi connectivity index (χ0) is 13.8. The van der Waals surface area contributed by atoms with E-state index in [0.29, 0.717) is 12.3 Å². The third kappa shape index (κ3) is 3.28. The highest BCUT2D eigenvalue weighted by Crippen LogP contribution is 2.33. The molecule has 2 aromatic rings. The second-order valence-corrected chi connectivity index (χ2v) is 5.07. The van der Waals surface area contributed by atoms with E-state index in [1.165, 1.54) is 0 Å². The summed E-state index contributed by atoms with van der Waals surface area (Å²) in [4.78, 5) is 0. The molecule has 0 saturated carbocycles. The number of halogens is 1. The molecule has 0 saturated heterocycles. The highest BCUT2D eigenvalue weighted by Gasteiger charge is 2.07. The number of aryl methyl sites for hydroxylation is 1. The van der Waals surface area contributed by atoms with Gasteiger partial charge in [-0.25, -0.2) is 0 Å². The van der Waals surface area contributed by atoms with Crippen LogP contribution in [0.15, 0.2) is 40.9 Å². The zero-order valence-corrected chi connectivity index (χ0v) is 12.5. The Labute approximate surface area is 121 Å². The molecular formula is C15H16BrNO2. The average molecular weight is 322 g/mol. The molecule has 3 nitrogen and oxygen atoms in total. The van der Waals surface area contributed by atoms with Gasteiger partial charge in [-0.3, -0.25) is 0 Å². The molecule has 0 fully saturated rings. The topological polar surface area (TPSA) is 44.5 Å². The van der Waals surface area contributed by atoms with Gasteiger partial charge < -0.3 is 15.2 Å². The van der Waals surface area contributed by atoms with Crippen molar-refractivity contribution in [2.75, 3.05) is 7.11 Å². The van der Waals surface area contributed by atoms with E-state index in [0.717, 1.165) is 27.1 Å². The van der Waals surface area contributed by atoms with E-state index in [1.807, 2.05) is 43.3 Å². The Morgan fingerprint density at radius 1 is 1.11 bits per heavy atom. The summed E-state index contributed by atoms with van der Waals surface area (Å²) < 4.78 is 12.1. The van der Waals surface area contributed by atoms with Crippen LogP contribution in [0.2, 0.25) is 0 Å². The summed E-state index contributed by atoms with van der Waals surface area (Å²) in [5.74, 6) is 2.16. The first kappa shape index (κ1) is 13.9. The summed E-state index contributed by atoms with van der Waals surface area (Å²) in [6.07, 6.45) is 0. The van der Waals surface area contributed by atoms with Crippen molar-refractivity contribution in [3.05, 3.63) is 52.0 Å². The Bertz CT molecular complexity index is 584. The van der Waals surface area contributed by atoms with Crippen molar-refractivity contribution < 1.29 is 9.47 Å². The lowest BCUT2D eigenvalue weighted by Gasteiger charge is -2.12. The van der Waals surface area contributed by atoms with Gasteiger partial charge in [-0.15, -0.1) is 0 Å². The fourth-order valence-electron chi connectivity index (χ4n) is 1.74. The Balaban J connectivity index is 2.28. The number of hydrogen-bond acceptors (Lipinski definition) is 3. The van der Waals surface area contributed by atoms with Crippen molar-refractivity contribution in [3.8, 4) is 17.2 Å². The largest absolute Gasteiger partial charge is 0.493 e. The van der Waals surface area contributed by atoms with Crippen LogP contribution in [0.4, 0.5) is 0 Å². The van der Waals surface area contributed by atoms with Gasteiger partial charge >= 0.3 is 0 Å². The monoisotopic (exact) mass is 321 g/mol. The van der Waals surface area contributed by atoms with Crippen molar-refractivity contribution in [1.82, 2.24) is 0 Å². The van der Waals surface area contributed by atoms with Crippen molar-refractivity contribution in [3.63, 3.8) is 0 Å². The first-order valence-corrected chi connectivity index (χ1v) is 6.74.